The van der Waals surface area contributed by atoms with Crippen molar-refractivity contribution < 1.29 is 24.3 Å². The molecule has 9 heteroatoms. The van der Waals surface area contributed by atoms with E-state index < -0.39 is 28.8 Å². The molecular weight excluding hydrogens is 330 g/mol. The Morgan fingerprint density at radius 1 is 1.32 bits per heavy atom. The average Bonchev–Trinajstić information content (AvgIpc) is 3.03. The molecule has 0 saturated carbocycles. The topological polar surface area (TPSA) is 117 Å². The molecule has 1 heterocycles. The van der Waals surface area contributed by atoms with E-state index in [-0.39, 0.29) is 5.69 Å². The maximum absolute atomic E-state index is 11.9. The molecule has 0 aliphatic heterocycles. The van der Waals surface area contributed by atoms with Gasteiger partial charge >= 0.3 is 11.7 Å². The highest BCUT2D eigenvalue weighted by molar-refractivity contribution is 5.76. The van der Waals surface area contributed by atoms with Crippen LogP contribution in [0.5, 0.6) is 5.75 Å². The molecule has 0 aliphatic carbocycles. The summed E-state index contributed by atoms with van der Waals surface area (Å²) in [5.74, 6) is -0.552. The molecule has 136 valence electrons. The highest BCUT2D eigenvalue weighted by Gasteiger charge is 2.38. The molecule has 0 saturated heterocycles. The van der Waals surface area contributed by atoms with Crippen molar-refractivity contribution in [3.8, 4) is 5.75 Å². The van der Waals surface area contributed by atoms with E-state index in [4.69, 9.17) is 4.74 Å². The van der Waals surface area contributed by atoms with Gasteiger partial charge in [0, 0.05) is 7.05 Å². The van der Waals surface area contributed by atoms with Crippen LogP contribution in [0.2, 0.25) is 0 Å². The van der Waals surface area contributed by atoms with Crippen LogP contribution in [0.15, 0.2) is 36.5 Å². The summed E-state index contributed by atoms with van der Waals surface area (Å²) >= 11 is 0. The van der Waals surface area contributed by atoms with Crippen LogP contribution in [0.4, 0.5) is 5.69 Å². The number of rotatable bonds is 6. The van der Waals surface area contributed by atoms with Crippen LogP contribution in [0.25, 0.3) is 0 Å². The molecule has 0 amide bonds. The number of nitro groups is 1. The van der Waals surface area contributed by atoms with Crippen LogP contribution in [0.3, 0.4) is 0 Å². The summed E-state index contributed by atoms with van der Waals surface area (Å²) in [5, 5.41) is 25.2. The van der Waals surface area contributed by atoms with Gasteiger partial charge in [-0.3, -0.25) is 14.8 Å². The molecule has 2 atom stereocenters. The number of aliphatic hydroxyl groups is 1. The second-order valence-electron chi connectivity index (χ2n) is 4.62. The molecule has 25 heavy (non-hydrogen) atoms. The van der Waals surface area contributed by atoms with Gasteiger partial charge in [0.05, 0.1) is 12.0 Å². The molecule has 2 rings (SSSR count). The molecule has 0 radical (unpaired) electrons. The van der Waals surface area contributed by atoms with E-state index >= 15 is 0 Å². The minimum Gasteiger partial charge on any atom is -0.476 e. The van der Waals surface area contributed by atoms with E-state index in [1.165, 1.54) is 7.05 Å². The fraction of sp³-hybridized carbons (Fsp3) is 0.375. The second kappa shape index (κ2) is 9.38. The van der Waals surface area contributed by atoms with Crippen LogP contribution in [0.1, 0.15) is 25.6 Å². The monoisotopic (exact) mass is 351 g/mol. The molecule has 1 aromatic heterocycles. The van der Waals surface area contributed by atoms with Crippen LogP contribution in [0, 0.1) is 10.1 Å². The van der Waals surface area contributed by atoms with Crippen molar-refractivity contribution in [3.05, 3.63) is 52.3 Å². The number of nitrogens with zero attached hydrogens (tertiary/aromatic N) is 3. The third kappa shape index (κ3) is 4.77. The molecule has 0 aliphatic rings. The Balaban J connectivity index is 0.00000151. The standard InChI is InChI=1S/C14H15N3O6.C2H6/c1-16-11(10(8-15-16)17(20)21)12(18)13(14(19)22-2)23-9-6-4-3-5-7-9;1-2/h3-8,12-13,18H,1-2H3;1-2H3. The minimum absolute atomic E-state index is 0.152. The van der Waals surface area contributed by atoms with Crippen LogP contribution < -0.4 is 4.74 Å². The lowest BCUT2D eigenvalue weighted by Crippen LogP contribution is -2.36. The first kappa shape index (κ1) is 20.1. The van der Waals surface area contributed by atoms with Gasteiger partial charge in [0.2, 0.25) is 6.10 Å². The SMILES string of the molecule is CC.COC(=O)C(Oc1ccccc1)C(O)c1c([N+](=O)[O-])cnn1C. The molecule has 9 nitrogen and oxygen atoms in total. The summed E-state index contributed by atoms with van der Waals surface area (Å²) in [6.45, 7) is 4.00. The summed E-state index contributed by atoms with van der Waals surface area (Å²) in [5.41, 5.74) is -0.563. The van der Waals surface area contributed by atoms with Crippen molar-refractivity contribution in [1.82, 2.24) is 9.78 Å². The summed E-state index contributed by atoms with van der Waals surface area (Å²) in [4.78, 5) is 22.3. The molecule has 0 fully saturated rings. The Morgan fingerprint density at radius 3 is 2.44 bits per heavy atom. The summed E-state index contributed by atoms with van der Waals surface area (Å²) in [7, 11) is 2.55. The number of methoxy groups -OCH3 is 1. The van der Waals surface area contributed by atoms with Crippen molar-refractivity contribution in [1.29, 1.82) is 0 Å². The number of aromatic nitrogens is 2. The lowest BCUT2D eigenvalue weighted by molar-refractivity contribution is -0.386. The highest BCUT2D eigenvalue weighted by atomic mass is 16.6. The van der Waals surface area contributed by atoms with Gasteiger partial charge in [0.1, 0.15) is 17.6 Å². The van der Waals surface area contributed by atoms with Gasteiger partial charge in [-0.1, -0.05) is 32.0 Å². The van der Waals surface area contributed by atoms with Gasteiger partial charge < -0.3 is 14.6 Å². The summed E-state index contributed by atoms with van der Waals surface area (Å²) in [6.07, 6.45) is -2.11. The zero-order chi connectivity index (χ0) is 19.0. The first-order valence-corrected chi connectivity index (χ1v) is 7.59. The summed E-state index contributed by atoms with van der Waals surface area (Å²) < 4.78 is 11.2. The Morgan fingerprint density at radius 2 is 1.92 bits per heavy atom. The highest BCUT2D eigenvalue weighted by Crippen LogP contribution is 2.29. The Bertz CT molecular complexity index is 701. The number of hydrogen-bond acceptors (Lipinski definition) is 7. The molecular formula is C16H21N3O6. The maximum Gasteiger partial charge on any atom is 0.350 e. The van der Waals surface area contributed by atoms with Gasteiger partial charge in [-0.15, -0.1) is 0 Å². The van der Waals surface area contributed by atoms with Gasteiger partial charge in [-0.25, -0.2) is 4.79 Å². The van der Waals surface area contributed by atoms with Crippen molar-refractivity contribution in [2.45, 2.75) is 26.1 Å². The van der Waals surface area contributed by atoms with E-state index in [9.17, 15) is 20.0 Å². The zero-order valence-electron chi connectivity index (χ0n) is 14.4. The summed E-state index contributed by atoms with van der Waals surface area (Å²) in [6, 6.07) is 8.29. The third-order valence-corrected chi connectivity index (χ3v) is 3.17. The zero-order valence-corrected chi connectivity index (χ0v) is 14.4. The Hall–Kier alpha value is -2.94. The smallest absolute Gasteiger partial charge is 0.350 e. The van der Waals surface area contributed by atoms with E-state index in [1.54, 1.807) is 30.3 Å². The number of para-hydroxylation sites is 1. The van der Waals surface area contributed by atoms with Crippen molar-refractivity contribution in [2.24, 2.45) is 7.05 Å². The molecule has 1 N–H and O–H groups in total. The van der Waals surface area contributed by atoms with Crippen LogP contribution in [-0.2, 0) is 16.6 Å². The first-order chi connectivity index (χ1) is 12.0. The Labute approximate surface area is 144 Å². The molecule has 2 aromatic rings. The number of carbonyl (C=O) groups excluding carboxylic acids is 1. The van der Waals surface area contributed by atoms with E-state index in [2.05, 4.69) is 9.84 Å². The maximum atomic E-state index is 11.9. The Kier molecular flexibility index (Phi) is 7.54. The lowest BCUT2D eigenvalue weighted by Gasteiger charge is -2.21. The van der Waals surface area contributed by atoms with Crippen LogP contribution in [-0.4, -0.2) is 39.0 Å². The quantitative estimate of drug-likeness (QED) is 0.480. The van der Waals surface area contributed by atoms with Crippen molar-refractivity contribution in [3.63, 3.8) is 0 Å². The normalized spacial score (nSPS) is 12.4. The molecule has 1 aromatic carbocycles. The minimum atomic E-state index is -1.63. The number of esters is 1. The first-order valence-electron chi connectivity index (χ1n) is 7.59. The second-order valence-corrected chi connectivity index (χ2v) is 4.62. The van der Waals surface area contributed by atoms with Crippen molar-refractivity contribution >= 4 is 11.7 Å². The predicted molar refractivity (Wildman–Crippen MR) is 89.0 cm³/mol. The molecule has 0 bridgehead atoms. The number of carbonyl (C=O) groups is 1. The number of aliphatic hydroxyl groups excluding tert-OH is 1. The largest absolute Gasteiger partial charge is 0.476 e. The van der Waals surface area contributed by atoms with Gasteiger partial charge in [0.25, 0.3) is 0 Å². The van der Waals surface area contributed by atoms with Gasteiger partial charge in [-0.05, 0) is 12.1 Å². The number of ether oxygens (including phenoxy) is 2. The lowest BCUT2D eigenvalue weighted by atomic mass is 10.1. The van der Waals surface area contributed by atoms with Crippen LogP contribution >= 0.6 is 0 Å². The predicted octanol–water partition coefficient (Wildman–Crippen LogP) is 2.01. The molecule has 0 spiro atoms. The number of aryl methyl sites for hydroxylation is 1. The third-order valence-electron chi connectivity index (χ3n) is 3.17. The average molecular weight is 351 g/mol. The van der Waals surface area contributed by atoms with E-state index in [1.807, 2.05) is 13.8 Å². The van der Waals surface area contributed by atoms with Gasteiger partial charge in [0.15, 0.2) is 6.10 Å². The number of benzene rings is 1. The molecule has 2 unspecified atom stereocenters. The van der Waals surface area contributed by atoms with E-state index in [0.717, 1.165) is 18.0 Å². The number of hydrogen-bond donors (Lipinski definition) is 1. The fourth-order valence-corrected chi connectivity index (χ4v) is 2.07. The fourth-order valence-electron chi connectivity index (χ4n) is 2.07. The van der Waals surface area contributed by atoms with Crippen molar-refractivity contribution in [2.75, 3.05) is 7.11 Å². The van der Waals surface area contributed by atoms with E-state index in [0.29, 0.717) is 5.75 Å². The van der Waals surface area contributed by atoms with Gasteiger partial charge in [-0.2, -0.15) is 5.10 Å².